The van der Waals surface area contributed by atoms with Crippen molar-refractivity contribution in [2.45, 2.75) is 13.0 Å². The molecule has 1 N–H and O–H groups in total. The number of benzene rings is 1. The maximum Gasteiger partial charge on any atom is 0.239 e. The number of nitrogens with zero attached hydrogens (tertiary/aromatic N) is 2. The number of hydrogen-bond acceptors (Lipinski definition) is 2. The summed E-state index contributed by atoms with van der Waals surface area (Å²) < 4.78 is 15.2. The Kier molecular flexibility index (Phi) is 4.27. The number of imidazole rings is 1. The zero-order valence-corrected chi connectivity index (χ0v) is 11.7. The van der Waals surface area contributed by atoms with Crippen molar-refractivity contribution in [2.75, 3.05) is 12.9 Å². The van der Waals surface area contributed by atoms with E-state index in [4.69, 9.17) is 23.2 Å². The molecule has 19 heavy (non-hydrogen) atoms. The fraction of sp³-hybridized carbons (Fsp3) is 0.333. The minimum absolute atomic E-state index is 0.00881. The van der Waals surface area contributed by atoms with Gasteiger partial charge in [0.25, 0.3) is 0 Å². The zero-order valence-electron chi connectivity index (χ0n) is 10.2. The standard InChI is InChI=1S/C12H12Cl2FN3O/c1-16-12(19)6-18-10-5-8(15)7(14)4-9(10)17-11(18)2-3-13/h4-5H,2-3,6H2,1H3,(H,16,19). The average Bonchev–Trinajstić information content (AvgIpc) is 2.68. The van der Waals surface area contributed by atoms with E-state index in [0.717, 1.165) is 0 Å². The summed E-state index contributed by atoms with van der Waals surface area (Å²) in [7, 11) is 1.54. The number of likely N-dealkylation sites (N-methyl/N-ethyl adjacent to an activating group) is 1. The highest BCUT2D eigenvalue weighted by Crippen LogP contribution is 2.24. The minimum Gasteiger partial charge on any atom is -0.358 e. The monoisotopic (exact) mass is 303 g/mol. The van der Waals surface area contributed by atoms with Crippen LogP contribution in [0.2, 0.25) is 5.02 Å². The molecule has 102 valence electrons. The number of carbonyl (C=O) groups is 1. The highest BCUT2D eigenvalue weighted by Gasteiger charge is 2.15. The van der Waals surface area contributed by atoms with Crippen LogP contribution in [0.5, 0.6) is 0 Å². The summed E-state index contributed by atoms with van der Waals surface area (Å²) in [5, 5.41) is 2.53. The lowest BCUT2D eigenvalue weighted by Crippen LogP contribution is -2.24. The molecule has 1 amide bonds. The Bertz CT molecular complexity index is 627. The third-order valence-corrected chi connectivity index (χ3v) is 3.25. The predicted octanol–water partition coefficient (Wildman–Crippen LogP) is 2.36. The normalized spacial score (nSPS) is 10.9. The Morgan fingerprint density at radius 3 is 2.89 bits per heavy atom. The molecule has 7 heteroatoms. The summed E-state index contributed by atoms with van der Waals surface area (Å²) >= 11 is 11.4. The van der Waals surface area contributed by atoms with Crippen molar-refractivity contribution in [3.05, 3.63) is 28.8 Å². The summed E-state index contributed by atoms with van der Waals surface area (Å²) in [5.74, 6) is 0.276. The first-order chi connectivity index (χ1) is 9.06. The molecule has 0 aliphatic carbocycles. The molecule has 2 aromatic rings. The van der Waals surface area contributed by atoms with Crippen LogP contribution in [0.15, 0.2) is 12.1 Å². The minimum atomic E-state index is -0.537. The molecule has 0 saturated carbocycles. The van der Waals surface area contributed by atoms with Gasteiger partial charge in [-0.1, -0.05) is 11.6 Å². The van der Waals surface area contributed by atoms with Gasteiger partial charge >= 0.3 is 0 Å². The van der Waals surface area contributed by atoms with Crippen molar-refractivity contribution in [3.63, 3.8) is 0 Å². The summed E-state index contributed by atoms with van der Waals surface area (Å²) in [6.45, 7) is 0.0697. The number of aryl methyl sites for hydroxylation is 1. The molecule has 1 aromatic carbocycles. The van der Waals surface area contributed by atoms with Crippen LogP contribution in [0.25, 0.3) is 11.0 Å². The molecule has 1 aromatic heterocycles. The second kappa shape index (κ2) is 5.75. The Morgan fingerprint density at radius 1 is 1.53 bits per heavy atom. The van der Waals surface area contributed by atoms with Gasteiger partial charge in [0.05, 0.1) is 16.1 Å². The van der Waals surface area contributed by atoms with E-state index in [0.29, 0.717) is 29.2 Å². The fourth-order valence-electron chi connectivity index (χ4n) is 1.84. The second-order valence-electron chi connectivity index (χ2n) is 3.98. The molecule has 0 atom stereocenters. The number of rotatable bonds is 4. The number of aromatic nitrogens is 2. The van der Waals surface area contributed by atoms with Crippen molar-refractivity contribution in [2.24, 2.45) is 0 Å². The SMILES string of the molecule is CNC(=O)Cn1c(CCCl)nc2cc(Cl)c(F)cc21. The van der Waals surface area contributed by atoms with E-state index >= 15 is 0 Å². The molecule has 0 fully saturated rings. The molecule has 0 saturated heterocycles. The zero-order chi connectivity index (χ0) is 14.0. The van der Waals surface area contributed by atoms with E-state index in [1.165, 1.54) is 12.1 Å². The van der Waals surface area contributed by atoms with Gasteiger partial charge in [-0.25, -0.2) is 9.37 Å². The van der Waals surface area contributed by atoms with Crippen LogP contribution in [0.4, 0.5) is 4.39 Å². The molecule has 0 aliphatic rings. The lowest BCUT2D eigenvalue weighted by molar-refractivity contribution is -0.121. The number of fused-ring (bicyclic) bond motifs is 1. The average molecular weight is 304 g/mol. The van der Waals surface area contributed by atoms with Gasteiger partial charge in [-0.3, -0.25) is 4.79 Å². The topological polar surface area (TPSA) is 46.9 Å². The van der Waals surface area contributed by atoms with Crippen LogP contribution in [0.1, 0.15) is 5.82 Å². The summed E-state index contributed by atoms with van der Waals surface area (Å²) in [4.78, 5) is 15.9. The van der Waals surface area contributed by atoms with E-state index in [9.17, 15) is 9.18 Å². The van der Waals surface area contributed by atoms with Gasteiger partial charge < -0.3 is 9.88 Å². The first-order valence-electron chi connectivity index (χ1n) is 5.67. The number of amides is 1. The first-order valence-corrected chi connectivity index (χ1v) is 6.58. The van der Waals surface area contributed by atoms with Crippen LogP contribution in [0.3, 0.4) is 0 Å². The van der Waals surface area contributed by atoms with Gasteiger partial charge in [0.15, 0.2) is 0 Å². The van der Waals surface area contributed by atoms with E-state index < -0.39 is 5.82 Å². The number of halogens is 3. The summed E-state index contributed by atoms with van der Waals surface area (Å²) in [6.07, 6.45) is 0.493. The molecule has 0 spiro atoms. The highest BCUT2D eigenvalue weighted by molar-refractivity contribution is 6.31. The molecule has 0 radical (unpaired) electrons. The molecular weight excluding hydrogens is 292 g/mol. The van der Waals surface area contributed by atoms with E-state index in [-0.39, 0.29) is 17.5 Å². The van der Waals surface area contributed by atoms with E-state index in [2.05, 4.69) is 10.3 Å². The van der Waals surface area contributed by atoms with Crippen molar-refractivity contribution in [1.29, 1.82) is 0 Å². The van der Waals surface area contributed by atoms with E-state index in [1.54, 1.807) is 11.6 Å². The molecule has 1 heterocycles. The third kappa shape index (κ3) is 2.82. The first kappa shape index (κ1) is 14.1. The Labute approximate surface area is 119 Å². The molecule has 0 aliphatic heterocycles. The summed E-state index contributed by atoms with van der Waals surface area (Å²) in [5.41, 5.74) is 1.08. The Balaban J connectivity index is 2.58. The van der Waals surface area contributed by atoms with Gasteiger partial charge in [-0.15, -0.1) is 11.6 Å². The molecule has 0 unspecified atom stereocenters. The number of nitrogens with one attached hydrogen (secondary N) is 1. The van der Waals surface area contributed by atoms with Crippen LogP contribution in [0, 0.1) is 5.82 Å². The maximum absolute atomic E-state index is 13.5. The van der Waals surface area contributed by atoms with Gasteiger partial charge in [-0.2, -0.15) is 0 Å². The van der Waals surface area contributed by atoms with Crippen molar-refractivity contribution < 1.29 is 9.18 Å². The maximum atomic E-state index is 13.5. The number of carbonyl (C=O) groups excluding carboxylic acids is 1. The van der Waals surface area contributed by atoms with Crippen LogP contribution in [-0.2, 0) is 17.8 Å². The van der Waals surface area contributed by atoms with Crippen molar-refractivity contribution in [1.82, 2.24) is 14.9 Å². The number of hydrogen-bond donors (Lipinski definition) is 1. The highest BCUT2D eigenvalue weighted by atomic mass is 35.5. The predicted molar refractivity (Wildman–Crippen MR) is 73.2 cm³/mol. The Hall–Kier alpha value is -1.33. The Morgan fingerprint density at radius 2 is 2.26 bits per heavy atom. The smallest absolute Gasteiger partial charge is 0.239 e. The molecular formula is C12H12Cl2FN3O. The van der Waals surface area contributed by atoms with Crippen LogP contribution >= 0.6 is 23.2 Å². The molecule has 0 bridgehead atoms. The van der Waals surface area contributed by atoms with E-state index in [1.807, 2.05) is 0 Å². The quantitative estimate of drug-likeness (QED) is 0.882. The lowest BCUT2D eigenvalue weighted by atomic mass is 10.3. The van der Waals surface area contributed by atoms with Gasteiger partial charge in [0.1, 0.15) is 18.2 Å². The largest absolute Gasteiger partial charge is 0.358 e. The van der Waals surface area contributed by atoms with Gasteiger partial charge in [0, 0.05) is 25.4 Å². The number of alkyl halides is 1. The summed E-state index contributed by atoms with van der Waals surface area (Å²) in [6, 6.07) is 2.73. The fourth-order valence-corrected chi connectivity index (χ4v) is 2.17. The molecule has 4 nitrogen and oxygen atoms in total. The third-order valence-electron chi connectivity index (χ3n) is 2.77. The van der Waals surface area contributed by atoms with Crippen molar-refractivity contribution >= 4 is 40.1 Å². The van der Waals surface area contributed by atoms with Gasteiger partial charge in [0.2, 0.25) is 5.91 Å². The van der Waals surface area contributed by atoms with Crippen molar-refractivity contribution in [3.8, 4) is 0 Å². The van der Waals surface area contributed by atoms with Crippen LogP contribution < -0.4 is 5.32 Å². The molecule has 2 rings (SSSR count). The lowest BCUT2D eigenvalue weighted by Gasteiger charge is -2.07. The van der Waals surface area contributed by atoms with Crippen LogP contribution in [-0.4, -0.2) is 28.4 Å². The van der Waals surface area contributed by atoms with Gasteiger partial charge in [-0.05, 0) is 6.07 Å². The second-order valence-corrected chi connectivity index (χ2v) is 4.77.